The first kappa shape index (κ1) is 19.4. The van der Waals surface area contributed by atoms with E-state index in [0.717, 1.165) is 25.5 Å². The predicted molar refractivity (Wildman–Crippen MR) is 99.5 cm³/mol. The number of carbonyl (C=O) groups excluding carboxylic acids is 1. The molecule has 3 nitrogen and oxygen atoms in total. The third kappa shape index (κ3) is 4.69. The summed E-state index contributed by atoms with van der Waals surface area (Å²) in [4.78, 5) is 14.6. The van der Waals surface area contributed by atoms with Gasteiger partial charge in [-0.05, 0) is 55.8 Å². The maximum Gasteiger partial charge on any atom is 0.417 e. The van der Waals surface area contributed by atoms with Crippen molar-refractivity contribution >= 4 is 5.91 Å². The van der Waals surface area contributed by atoms with E-state index in [9.17, 15) is 18.0 Å². The van der Waals surface area contributed by atoms with Crippen LogP contribution in [0.25, 0.3) is 11.1 Å². The van der Waals surface area contributed by atoms with Crippen molar-refractivity contribution in [1.29, 1.82) is 0 Å². The van der Waals surface area contributed by atoms with Crippen LogP contribution in [0.5, 0.6) is 0 Å². The molecule has 0 aliphatic carbocycles. The maximum atomic E-state index is 13.2. The van der Waals surface area contributed by atoms with Gasteiger partial charge in [0.15, 0.2) is 0 Å². The number of benzene rings is 2. The Kier molecular flexibility index (Phi) is 5.85. The zero-order chi connectivity index (χ0) is 19.4. The summed E-state index contributed by atoms with van der Waals surface area (Å²) in [5.41, 5.74) is 0.316. The molecule has 0 unspecified atom stereocenters. The molecular weight excluding hydrogens is 353 g/mol. The topological polar surface area (TPSA) is 32.3 Å². The van der Waals surface area contributed by atoms with E-state index in [2.05, 4.69) is 17.3 Å². The van der Waals surface area contributed by atoms with Crippen LogP contribution in [0, 0.1) is 0 Å². The first-order chi connectivity index (χ1) is 12.9. The summed E-state index contributed by atoms with van der Waals surface area (Å²) in [6, 6.07) is 12.1. The van der Waals surface area contributed by atoms with E-state index in [1.807, 2.05) is 0 Å². The number of likely N-dealkylation sites (N-methyl/N-ethyl adjacent to an activating group) is 1. The highest BCUT2D eigenvalue weighted by Gasteiger charge is 2.33. The van der Waals surface area contributed by atoms with Crippen LogP contribution in [0.3, 0.4) is 0 Å². The number of nitrogens with zero attached hydrogens (tertiary/aromatic N) is 1. The molecule has 0 radical (unpaired) electrons. The third-order valence-electron chi connectivity index (χ3n) is 5.11. The Morgan fingerprint density at radius 3 is 2.48 bits per heavy atom. The molecule has 0 spiro atoms. The van der Waals surface area contributed by atoms with E-state index in [0.29, 0.717) is 23.7 Å². The van der Waals surface area contributed by atoms with Crippen LogP contribution in [0.1, 0.15) is 35.2 Å². The smallest absolute Gasteiger partial charge is 0.350 e. The molecule has 144 valence electrons. The molecule has 1 amide bonds. The van der Waals surface area contributed by atoms with Crippen molar-refractivity contribution in [2.75, 3.05) is 20.1 Å². The van der Waals surface area contributed by atoms with E-state index in [1.54, 1.807) is 30.3 Å². The second-order valence-corrected chi connectivity index (χ2v) is 6.96. The molecule has 3 rings (SSSR count). The number of piperidine rings is 1. The van der Waals surface area contributed by atoms with Crippen LogP contribution in [0.2, 0.25) is 0 Å². The molecule has 1 fully saturated rings. The van der Waals surface area contributed by atoms with Crippen molar-refractivity contribution in [3.05, 3.63) is 59.7 Å². The summed E-state index contributed by atoms with van der Waals surface area (Å²) < 4.78 is 39.5. The SMILES string of the molecule is CN1CCCC[C@H]1CNC(=O)c1ccc(-c2ccccc2C(F)(F)F)cc1. The number of nitrogens with one attached hydrogen (secondary N) is 1. The van der Waals surface area contributed by atoms with Crippen molar-refractivity contribution in [2.45, 2.75) is 31.5 Å². The Labute approximate surface area is 157 Å². The van der Waals surface area contributed by atoms with E-state index in [-0.39, 0.29) is 11.5 Å². The molecule has 6 heteroatoms. The molecule has 1 saturated heterocycles. The lowest BCUT2D eigenvalue weighted by Gasteiger charge is -2.32. The van der Waals surface area contributed by atoms with Crippen molar-refractivity contribution < 1.29 is 18.0 Å². The molecular formula is C21H23F3N2O. The van der Waals surface area contributed by atoms with Crippen molar-refractivity contribution in [3.63, 3.8) is 0 Å². The first-order valence-electron chi connectivity index (χ1n) is 9.11. The number of amides is 1. The van der Waals surface area contributed by atoms with Crippen LogP contribution in [0.15, 0.2) is 48.5 Å². The molecule has 2 aromatic rings. The lowest BCUT2D eigenvalue weighted by molar-refractivity contribution is -0.137. The van der Waals surface area contributed by atoms with Gasteiger partial charge in [-0.1, -0.05) is 36.8 Å². The zero-order valence-electron chi connectivity index (χ0n) is 15.2. The maximum absolute atomic E-state index is 13.2. The van der Waals surface area contributed by atoms with E-state index < -0.39 is 11.7 Å². The van der Waals surface area contributed by atoms with Gasteiger partial charge in [0.2, 0.25) is 0 Å². The summed E-state index contributed by atoms with van der Waals surface area (Å²) in [5, 5.41) is 2.93. The van der Waals surface area contributed by atoms with Crippen LogP contribution >= 0.6 is 0 Å². The summed E-state index contributed by atoms with van der Waals surface area (Å²) in [6.45, 7) is 1.61. The third-order valence-corrected chi connectivity index (χ3v) is 5.11. The van der Waals surface area contributed by atoms with Gasteiger partial charge in [0.1, 0.15) is 0 Å². The number of hydrogen-bond acceptors (Lipinski definition) is 2. The van der Waals surface area contributed by atoms with Crippen molar-refractivity contribution in [2.24, 2.45) is 0 Å². The highest BCUT2D eigenvalue weighted by Crippen LogP contribution is 2.36. The van der Waals surface area contributed by atoms with Gasteiger partial charge in [-0.15, -0.1) is 0 Å². The fourth-order valence-corrected chi connectivity index (χ4v) is 3.50. The van der Waals surface area contributed by atoms with Gasteiger partial charge in [0.05, 0.1) is 5.56 Å². The highest BCUT2D eigenvalue weighted by atomic mass is 19.4. The van der Waals surface area contributed by atoms with E-state index in [4.69, 9.17) is 0 Å². The highest BCUT2D eigenvalue weighted by molar-refractivity contribution is 5.94. The van der Waals surface area contributed by atoms with Crippen molar-refractivity contribution in [3.8, 4) is 11.1 Å². The molecule has 1 atom stereocenters. The molecule has 1 N–H and O–H groups in total. The van der Waals surface area contributed by atoms with Gasteiger partial charge >= 0.3 is 6.18 Å². The van der Waals surface area contributed by atoms with Gasteiger partial charge in [-0.25, -0.2) is 0 Å². The lowest BCUT2D eigenvalue weighted by atomic mass is 9.98. The van der Waals surface area contributed by atoms with E-state index in [1.165, 1.54) is 18.6 Å². The van der Waals surface area contributed by atoms with Gasteiger partial charge in [-0.2, -0.15) is 13.2 Å². The van der Waals surface area contributed by atoms with E-state index >= 15 is 0 Å². The second-order valence-electron chi connectivity index (χ2n) is 6.96. The van der Waals surface area contributed by atoms with Crippen LogP contribution in [-0.2, 0) is 6.18 Å². The van der Waals surface area contributed by atoms with Crippen LogP contribution < -0.4 is 5.32 Å². The molecule has 1 heterocycles. The molecule has 0 bridgehead atoms. The molecule has 27 heavy (non-hydrogen) atoms. The lowest BCUT2D eigenvalue weighted by Crippen LogP contribution is -2.44. The Morgan fingerprint density at radius 2 is 1.81 bits per heavy atom. The molecule has 0 saturated carbocycles. The fourth-order valence-electron chi connectivity index (χ4n) is 3.50. The average molecular weight is 376 g/mol. The molecule has 1 aliphatic rings. The largest absolute Gasteiger partial charge is 0.417 e. The van der Waals surface area contributed by atoms with Gasteiger partial charge in [0.25, 0.3) is 5.91 Å². The van der Waals surface area contributed by atoms with Crippen LogP contribution in [-0.4, -0.2) is 37.0 Å². The number of carbonyl (C=O) groups is 1. The Balaban J connectivity index is 1.70. The minimum absolute atomic E-state index is 0.112. The molecule has 0 aromatic heterocycles. The number of likely N-dealkylation sites (tertiary alicyclic amines) is 1. The summed E-state index contributed by atoms with van der Waals surface area (Å²) >= 11 is 0. The first-order valence-corrected chi connectivity index (χ1v) is 9.11. The minimum Gasteiger partial charge on any atom is -0.350 e. The number of hydrogen-bond donors (Lipinski definition) is 1. The summed E-state index contributed by atoms with van der Waals surface area (Å²) in [6.07, 6.45) is -1.01. The average Bonchev–Trinajstić information content (AvgIpc) is 2.66. The summed E-state index contributed by atoms with van der Waals surface area (Å²) in [7, 11) is 2.06. The Morgan fingerprint density at radius 1 is 1.11 bits per heavy atom. The zero-order valence-corrected chi connectivity index (χ0v) is 15.2. The van der Waals surface area contributed by atoms with Crippen LogP contribution in [0.4, 0.5) is 13.2 Å². The van der Waals surface area contributed by atoms with Crippen molar-refractivity contribution in [1.82, 2.24) is 10.2 Å². The Bertz CT molecular complexity index is 787. The van der Waals surface area contributed by atoms with Gasteiger partial charge in [-0.3, -0.25) is 4.79 Å². The molecule has 1 aliphatic heterocycles. The normalized spacial score (nSPS) is 18.3. The Hall–Kier alpha value is -2.34. The standard InChI is InChI=1S/C21H23F3N2O/c1-26-13-5-4-6-17(26)14-25-20(27)16-11-9-15(10-12-16)18-7-2-3-8-19(18)21(22,23)24/h2-3,7-12,17H,4-6,13-14H2,1H3,(H,25,27)/t17-/m0/s1. The molecule has 2 aromatic carbocycles. The van der Waals surface area contributed by atoms with Gasteiger partial charge in [0, 0.05) is 18.2 Å². The minimum atomic E-state index is -4.42. The monoisotopic (exact) mass is 376 g/mol. The summed E-state index contributed by atoms with van der Waals surface area (Å²) in [5.74, 6) is -0.204. The number of rotatable bonds is 4. The number of halogens is 3. The number of alkyl halides is 3. The second kappa shape index (κ2) is 8.13. The quantitative estimate of drug-likeness (QED) is 0.847. The van der Waals surface area contributed by atoms with Gasteiger partial charge < -0.3 is 10.2 Å². The fraction of sp³-hybridized carbons (Fsp3) is 0.381. The predicted octanol–water partition coefficient (Wildman–Crippen LogP) is 4.59.